The molecule has 2 fully saturated rings. The van der Waals surface area contributed by atoms with Crippen LogP contribution in [0, 0.1) is 17.3 Å². The second-order valence-electron chi connectivity index (χ2n) is 9.69. The van der Waals surface area contributed by atoms with E-state index in [-0.39, 0.29) is 17.3 Å². The number of fused-ring (bicyclic) bond motifs is 5. The van der Waals surface area contributed by atoms with Gasteiger partial charge in [0.2, 0.25) is 0 Å². The van der Waals surface area contributed by atoms with Gasteiger partial charge in [0.05, 0.1) is 20.3 Å². The number of aryl methyl sites for hydroxylation is 1. The number of phenolic OH excluding ortho intramolecular Hbond substituents is 1. The summed E-state index contributed by atoms with van der Waals surface area (Å²) in [4.78, 5) is 0. The van der Waals surface area contributed by atoms with Gasteiger partial charge >= 0.3 is 0 Å². The third-order valence-electron chi connectivity index (χ3n) is 8.34. The van der Waals surface area contributed by atoms with Crippen molar-refractivity contribution >= 4 is 0 Å². The lowest BCUT2D eigenvalue weighted by Crippen LogP contribution is -2.43. The van der Waals surface area contributed by atoms with Crippen LogP contribution in [0.4, 0.5) is 0 Å². The van der Waals surface area contributed by atoms with Crippen molar-refractivity contribution in [3.8, 4) is 28.7 Å². The SMILES string of the molecule is COc1ccc(Oc2cc3c(cc2O)CC[C@@H]2[C@@H]3CC[C@]3(C)[C@@H](O)CC[C@@H]23)cc1OC. The van der Waals surface area contributed by atoms with E-state index in [0.29, 0.717) is 40.8 Å². The molecule has 3 aliphatic rings. The summed E-state index contributed by atoms with van der Waals surface area (Å²) in [7, 11) is 3.19. The van der Waals surface area contributed by atoms with E-state index in [1.54, 1.807) is 26.4 Å². The van der Waals surface area contributed by atoms with Gasteiger partial charge < -0.3 is 24.4 Å². The van der Waals surface area contributed by atoms with Crippen LogP contribution in [0.2, 0.25) is 0 Å². The number of aliphatic hydroxyl groups is 1. The van der Waals surface area contributed by atoms with E-state index >= 15 is 0 Å². The van der Waals surface area contributed by atoms with Gasteiger partial charge in [0.25, 0.3) is 0 Å². The highest BCUT2D eigenvalue weighted by Gasteiger charge is 2.54. The minimum Gasteiger partial charge on any atom is -0.504 e. The standard InChI is InChI=1S/C26H32O5/c1-26-11-10-17-18(20(26)7-9-25(26)28)6-4-15-12-21(27)23(14-19(15)17)31-16-5-8-22(29-2)24(13-16)30-3/h5,8,12-14,17-18,20,25,27-28H,4,6-7,9-11H2,1-3H3/t17-,18+,20-,25-,26-/m0/s1. The molecule has 5 atom stereocenters. The lowest BCUT2D eigenvalue weighted by atomic mass is 9.55. The van der Waals surface area contributed by atoms with Crippen LogP contribution in [0.15, 0.2) is 30.3 Å². The number of phenols is 1. The second-order valence-corrected chi connectivity index (χ2v) is 9.69. The van der Waals surface area contributed by atoms with Crippen LogP contribution in [-0.2, 0) is 6.42 Å². The van der Waals surface area contributed by atoms with Crippen molar-refractivity contribution < 1.29 is 24.4 Å². The number of hydrogen-bond donors (Lipinski definition) is 2. The average molecular weight is 425 g/mol. The summed E-state index contributed by atoms with van der Waals surface area (Å²) in [5, 5.41) is 21.3. The molecule has 5 rings (SSSR count). The van der Waals surface area contributed by atoms with Gasteiger partial charge in [-0.05, 0) is 97.1 Å². The Bertz CT molecular complexity index is 986. The molecular weight excluding hydrogens is 392 g/mol. The van der Waals surface area contributed by atoms with Crippen molar-refractivity contribution in [1.29, 1.82) is 0 Å². The summed E-state index contributed by atoms with van der Waals surface area (Å²) in [5.41, 5.74) is 2.61. The molecule has 2 aromatic rings. The lowest BCUT2D eigenvalue weighted by Gasteiger charge is -2.50. The smallest absolute Gasteiger partial charge is 0.169 e. The molecule has 2 aromatic carbocycles. The molecule has 0 amide bonds. The summed E-state index contributed by atoms with van der Waals surface area (Å²) in [6, 6.07) is 9.32. The van der Waals surface area contributed by atoms with Gasteiger partial charge in [-0.2, -0.15) is 0 Å². The lowest BCUT2D eigenvalue weighted by molar-refractivity contribution is -0.0226. The van der Waals surface area contributed by atoms with E-state index in [1.165, 1.54) is 11.1 Å². The maximum atomic E-state index is 10.7. The van der Waals surface area contributed by atoms with Crippen LogP contribution in [0.25, 0.3) is 0 Å². The molecule has 5 nitrogen and oxygen atoms in total. The molecule has 2 N–H and O–H groups in total. The highest BCUT2D eigenvalue weighted by Crippen LogP contribution is 2.61. The molecule has 0 unspecified atom stereocenters. The minimum atomic E-state index is -0.163. The molecule has 2 saturated carbocycles. The monoisotopic (exact) mass is 424 g/mol. The van der Waals surface area contributed by atoms with Crippen LogP contribution in [-0.4, -0.2) is 30.5 Å². The molecule has 0 saturated heterocycles. The van der Waals surface area contributed by atoms with Crippen LogP contribution >= 0.6 is 0 Å². The third kappa shape index (κ3) is 3.25. The predicted molar refractivity (Wildman–Crippen MR) is 118 cm³/mol. The topological polar surface area (TPSA) is 68.2 Å². The van der Waals surface area contributed by atoms with Gasteiger partial charge in [0, 0.05) is 6.07 Å². The van der Waals surface area contributed by atoms with E-state index in [0.717, 1.165) is 38.5 Å². The zero-order valence-corrected chi connectivity index (χ0v) is 18.6. The first kappa shape index (κ1) is 20.5. The van der Waals surface area contributed by atoms with E-state index in [1.807, 2.05) is 18.2 Å². The number of rotatable bonds is 4. The van der Waals surface area contributed by atoms with Crippen molar-refractivity contribution in [3.63, 3.8) is 0 Å². The Labute approximate surface area is 184 Å². The molecule has 5 heteroatoms. The molecule has 166 valence electrons. The van der Waals surface area contributed by atoms with Crippen LogP contribution in [0.3, 0.4) is 0 Å². The van der Waals surface area contributed by atoms with Crippen LogP contribution in [0.5, 0.6) is 28.7 Å². The van der Waals surface area contributed by atoms with Gasteiger partial charge in [0.15, 0.2) is 23.0 Å². The molecule has 0 heterocycles. The van der Waals surface area contributed by atoms with Gasteiger partial charge in [-0.1, -0.05) is 6.92 Å². The van der Waals surface area contributed by atoms with Crippen molar-refractivity contribution in [3.05, 3.63) is 41.5 Å². The molecule has 31 heavy (non-hydrogen) atoms. The quantitative estimate of drug-likeness (QED) is 0.686. The number of ether oxygens (including phenoxy) is 3. The second kappa shape index (κ2) is 7.63. The van der Waals surface area contributed by atoms with Crippen molar-refractivity contribution in [2.24, 2.45) is 17.3 Å². The maximum absolute atomic E-state index is 10.7. The fourth-order valence-corrected chi connectivity index (χ4v) is 6.65. The highest BCUT2D eigenvalue weighted by molar-refractivity contribution is 5.52. The van der Waals surface area contributed by atoms with Crippen molar-refractivity contribution in [2.45, 2.75) is 57.5 Å². The van der Waals surface area contributed by atoms with E-state index in [9.17, 15) is 10.2 Å². The number of methoxy groups -OCH3 is 2. The molecule has 3 aliphatic carbocycles. The fraction of sp³-hybridized carbons (Fsp3) is 0.538. The van der Waals surface area contributed by atoms with E-state index in [2.05, 4.69) is 6.92 Å². The number of aliphatic hydroxyl groups excluding tert-OH is 1. The first-order valence-corrected chi connectivity index (χ1v) is 11.4. The first-order chi connectivity index (χ1) is 14.9. The Balaban J connectivity index is 1.46. The van der Waals surface area contributed by atoms with E-state index in [4.69, 9.17) is 14.2 Å². The predicted octanol–water partition coefficient (Wildman–Crippen LogP) is 5.42. The summed E-state index contributed by atoms with van der Waals surface area (Å²) in [6.45, 7) is 2.30. The van der Waals surface area contributed by atoms with Gasteiger partial charge in [-0.25, -0.2) is 0 Å². The maximum Gasteiger partial charge on any atom is 0.169 e. The summed E-state index contributed by atoms with van der Waals surface area (Å²) in [5.74, 6) is 4.12. The molecule has 0 aliphatic heterocycles. The number of hydrogen-bond acceptors (Lipinski definition) is 5. The van der Waals surface area contributed by atoms with E-state index < -0.39 is 0 Å². The normalized spacial score (nSPS) is 31.4. The summed E-state index contributed by atoms with van der Waals surface area (Å²) in [6.07, 6.45) is 6.16. The fourth-order valence-electron chi connectivity index (χ4n) is 6.65. The molecule has 0 spiro atoms. The van der Waals surface area contributed by atoms with Gasteiger partial charge in [-0.15, -0.1) is 0 Å². The molecule has 0 bridgehead atoms. The Morgan fingerprint density at radius 1 is 0.935 bits per heavy atom. The number of aromatic hydroxyl groups is 1. The van der Waals surface area contributed by atoms with Crippen LogP contribution in [0.1, 0.15) is 56.1 Å². The zero-order valence-electron chi connectivity index (χ0n) is 18.6. The van der Waals surface area contributed by atoms with Crippen molar-refractivity contribution in [1.82, 2.24) is 0 Å². The van der Waals surface area contributed by atoms with Gasteiger partial charge in [0.1, 0.15) is 5.75 Å². The summed E-state index contributed by atoms with van der Waals surface area (Å²) < 4.78 is 16.8. The third-order valence-corrected chi connectivity index (χ3v) is 8.34. The number of benzene rings is 2. The zero-order chi connectivity index (χ0) is 21.8. The molecular formula is C26H32O5. The largest absolute Gasteiger partial charge is 0.504 e. The summed E-state index contributed by atoms with van der Waals surface area (Å²) >= 11 is 0. The highest BCUT2D eigenvalue weighted by atomic mass is 16.5. The first-order valence-electron chi connectivity index (χ1n) is 11.4. The Kier molecular flexibility index (Phi) is 5.04. The Hall–Kier alpha value is -2.40. The molecule has 0 aromatic heterocycles. The van der Waals surface area contributed by atoms with Crippen molar-refractivity contribution in [2.75, 3.05) is 14.2 Å². The van der Waals surface area contributed by atoms with Gasteiger partial charge in [-0.3, -0.25) is 0 Å². The Morgan fingerprint density at radius 2 is 1.74 bits per heavy atom. The minimum absolute atomic E-state index is 0.0641. The Morgan fingerprint density at radius 3 is 2.52 bits per heavy atom. The molecule has 0 radical (unpaired) electrons. The van der Waals surface area contributed by atoms with Crippen LogP contribution < -0.4 is 14.2 Å². The average Bonchev–Trinajstić information content (AvgIpc) is 3.08.